The van der Waals surface area contributed by atoms with Gasteiger partial charge in [0.15, 0.2) is 19.5 Å². The highest BCUT2D eigenvalue weighted by molar-refractivity contribution is 7.13. The third-order valence-corrected chi connectivity index (χ3v) is 13.0. The van der Waals surface area contributed by atoms with Gasteiger partial charge in [-0.25, -0.2) is 14.6 Å². The van der Waals surface area contributed by atoms with Crippen LogP contribution in [0.5, 0.6) is 0 Å². The van der Waals surface area contributed by atoms with E-state index in [2.05, 4.69) is 20.9 Å². The number of methoxy groups -OCH3 is 2. The molecule has 1 saturated heterocycles. The Labute approximate surface area is 269 Å². The van der Waals surface area contributed by atoms with Gasteiger partial charge in [0, 0.05) is 38.5 Å². The van der Waals surface area contributed by atoms with E-state index >= 15 is 0 Å². The third kappa shape index (κ3) is 12.2. The number of piperidine rings is 1. The SMILES string of the molecule is COCCOC(=O)N[C@@H]1CCCN(c2nc(C(=O)NC(CO[Si](C)(C)C(C)(C)C)C(=O)NC(COC(C)=O)C(=O)OC)cs2)C1. The van der Waals surface area contributed by atoms with E-state index in [4.69, 9.17) is 23.4 Å². The molecule has 1 fully saturated rings. The Bertz CT molecular complexity index is 1170. The monoisotopic (exact) mass is 673 g/mol. The minimum Gasteiger partial charge on any atom is -0.467 e. The fourth-order valence-corrected chi connectivity index (χ4v) is 5.77. The van der Waals surface area contributed by atoms with Gasteiger partial charge in [-0.3, -0.25) is 14.4 Å². The summed E-state index contributed by atoms with van der Waals surface area (Å²) >= 11 is 1.26. The van der Waals surface area contributed by atoms with Crippen LogP contribution >= 0.6 is 11.3 Å². The molecule has 0 aliphatic carbocycles. The number of anilines is 1. The van der Waals surface area contributed by atoms with Gasteiger partial charge in [-0.2, -0.15) is 0 Å². The molecule has 1 aliphatic rings. The predicted molar refractivity (Wildman–Crippen MR) is 169 cm³/mol. The average molecular weight is 674 g/mol. The highest BCUT2D eigenvalue weighted by atomic mass is 32.1. The number of amides is 3. The summed E-state index contributed by atoms with van der Waals surface area (Å²) in [6.07, 6.45) is 1.04. The number of rotatable bonds is 15. The van der Waals surface area contributed by atoms with E-state index in [0.717, 1.165) is 20.0 Å². The van der Waals surface area contributed by atoms with Crippen LogP contribution < -0.4 is 20.9 Å². The zero-order valence-electron chi connectivity index (χ0n) is 27.4. The summed E-state index contributed by atoms with van der Waals surface area (Å²) in [5.41, 5.74) is 0.0959. The van der Waals surface area contributed by atoms with Crippen molar-refractivity contribution in [1.29, 1.82) is 0 Å². The molecule has 0 saturated carbocycles. The van der Waals surface area contributed by atoms with Crippen LogP contribution in [-0.4, -0.2) is 115 Å². The topological polar surface area (TPSA) is 184 Å². The molecular weight excluding hydrogens is 626 g/mol. The molecule has 0 spiro atoms. The van der Waals surface area contributed by atoms with Gasteiger partial charge < -0.3 is 44.2 Å². The van der Waals surface area contributed by atoms with Crippen molar-refractivity contribution < 1.29 is 47.3 Å². The highest BCUT2D eigenvalue weighted by Gasteiger charge is 2.39. The van der Waals surface area contributed by atoms with Crippen LogP contribution in [0.15, 0.2) is 5.38 Å². The summed E-state index contributed by atoms with van der Waals surface area (Å²) in [5.74, 6) is -2.79. The number of ether oxygens (including phenoxy) is 4. The Balaban J connectivity index is 2.15. The zero-order valence-corrected chi connectivity index (χ0v) is 29.2. The third-order valence-electron chi connectivity index (χ3n) is 7.55. The molecule has 3 amide bonds. The molecule has 3 atom stereocenters. The van der Waals surface area contributed by atoms with Gasteiger partial charge in [0.05, 0.1) is 20.3 Å². The molecule has 2 heterocycles. The molecule has 1 aromatic rings. The molecule has 0 aromatic carbocycles. The van der Waals surface area contributed by atoms with Crippen molar-refractivity contribution in [2.75, 3.05) is 58.6 Å². The lowest BCUT2D eigenvalue weighted by Gasteiger charge is -2.37. The summed E-state index contributed by atoms with van der Waals surface area (Å²) < 4.78 is 25.9. The van der Waals surface area contributed by atoms with Crippen molar-refractivity contribution in [1.82, 2.24) is 20.9 Å². The maximum atomic E-state index is 13.4. The molecule has 0 bridgehead atoms. The first-order valence-electron chi connectivity index (χ1n) is 14.7. The van der Waals surface area contributed by atoms with E-state index in [1.807, 2.05) is 38.8 Å². The molecule has 3 N–H and O–H groups in total. The number of alkyl carbamates (subject to hydrolysis) is 1. The molecule has 1 aliphatic heterocycles. The summed E-state index contributed by atoms with van der Waals surface area (Å²) in [5, 5.41) is 10.0. The molecule has 1 aromatic heterocycles. The standard InChI is InChI=1S/C28H47N5O10SSi/c1-18(34)42-15-21(25(37)40-6)31-23(35)20(16-43-45(7,8)28(2,3)4)30-24(36)22-17-44-26(32-22)33-11-9-10-19(14-33)29-27(38)41-13-12-39-5/h17,19-21H,9-16H2,1-8H3,(H,29,38)(H,30,36)(H,31,35)/t19-,20?,21?/m1/s1. The molecule has 254 valence electrons. The molecule has 0 radical (unpaired) electrons. The van der Waals surface area contributed by atoms with Crippen molar-refractivity contribution in [2.24, 2.45) is 0 Å². The highest BCUT2D eigenvalue weighted by Crippen LogP contribution is 2.36. The Morgan fingerprint density at radius 3 is 2.40 bits per heavy atom. The van der Waals surface area contributed by atoms with Crippen LogP contribution in [0.4, 0.5) is 9.93 Å². The quantitative estimate of drug-likeness (QED) is 0.106. The molecule has 2 rings (SSSR count). The van der Waals surface area contributed by atoms with Crippen molar-refractivity contribution in [2.45, 2.75) is 76.8 Å². The Morgan fingerprint density at radius 2 is 1.78 bits per heavy atom. The van der Waals surface area contributed by atoms with Crippen LogP contribution in [0.1, 0.15) is 51.0 Å². The van der Waals surface area contributed by atoms with Crippen molar-refractivity contribution in [3.8, 4) is 0 Å². The maximum absolute atomic E-state index is 13.4. The second kappa shape index (κ2) is 17.4. The van der Waals surface area contributed by atoms with E-state index in [1.165, 1.54) is 25.4 Å². The number of thiazole rings is 1. The minimum atomic E-state index is -2.35. The number of carbonyl (C=O) groups excluding carboxylic acids is 5. The van der Waals surface area contributed by atoms with Crippen LogP contribution in [0, 0.1) is 0 Å². The average Bonchev–Trinajstić information content (AvgIpc) is 3.47. The predicted octanol–water partition coefficient (Wildman–Crippen LogP) is 1.83. The molecule has 15 nitrogen and oxygen atoms in total. The second-order valence-electron chi connectivity index (χ2n) is 12.1. The first kappa shape index (κ1) is 37.9. The van der Waals surface area contributed by atoms with Gasteiger partial charge in [0.2, 0.25) is 5.91 Å². The summed E-state index contributed by atoms with van der Waals surface area (Å²) in [6, 6.07) is -2.65. The zero-order chi connectivity index (χ0) is 33.8. The molecule has 2 unspecified atom stereocenters. The number of nitrogens with one attached hydrogen (secondary N) is 3. The van der Waals surface area contributed by atoms with Gasteiger partial charge in [0.25, 0.3) is 5.91 Å². The van der Waals surface area contributed by atoms with Crippen LogP contribution in [0.2, 0.25) is 18.1 Å². The second-order valence-corrected chi connectivity index (χ2v) is 17.7. The fraction of sp³-hybridized carbons (Fsp3) is 0.714. The van der Waals surface area contributed by atoms with Crippen LogP contribution in [0.25, 0.3) is 0 Å². The maximum Gasteiger partial charge on any atom is 0.407 e. The number of hydrogen-bond acceptors (Lipinski definition) is 13. The van der Waals surface area contributed by atoms with Crippen molar-refractivity contribution in [3.63, 3.8) is 0 Å². The minimum absolute atomic E-state index is 0.0959. The van der Waals surface area contributed by atoms with E-state index < -0.39 is 56.9 Å². The molecule has 45 heavy (non-hydrogen) atoms. The smallest absolute Gasteiger partial charge is 0.407 e. The van der Waals surface area contributed by atoms with Crippen LogP contribution in [0.3, 0.4) is 0 Å². The van der Waals surface area contributed by atoms with Gasteiger partial charge in [0.1, 0.15) is 24.9 Å². The largest absolute Gasteiger partial charge is 0.467 e. The van der Waals surface area contributed by atoms with E-state index in [-0.39, 0.29) is 30.0 Å². The van der Waals surface area contributed by atoms with Crippen molar-refractivity contribution >= 4 is 54.6 Å². The van der Waals surface area contributed by atoms with Gasteiger partial charge >= 0.3 is 18.0 Å². The molecular formula is C28H47N5O10SSi. The van der Waals surface area contributed by atoms with Crippen LogP contribution in [-0.2, 0) is 37.8 Å². The Kier molecular flexibility index (Phi) is 14.7. The van der Waals surface area contributed by atoms with E-state index in [0.29, 0.717) is 24.8 Å². The summed E-state index contributed by atoms with van der Waals surface area (Å²) in [4.78, 5) is 68.9. The van der Waals surface area contributed by atoms with Gasteiger partial charge in [-0.05, 0) is 31.0 Å². The van der Waals surface area contributed by atoms with Gasteiger partial charge in [-0.15, -0.1) is 11.3 Å². The number of nitrogens with zero attached hydrogens (tertiary/aromatic N) is 2. The first-order valence-corrected chi connectivity index (χ1v) is 18.5. The lowest BCUT2D eigenvalue weighted by Crippen LogP contribution is -2.56. The van der Waals surface area contributed by atoms with E-state index in [1.54, 1.807) is 5.38 Å². The Hall–Kier alpha value is -3.28. The summed E-state index contributed by atoms with van der Waals surface area (Å²) in [7, 11) is 0.320. The van der Waals surface area contributed by atoms with Crippen molar-refractivity contribution in [3.05, 3.63) is 11.1 Å². The number of hydrogen-bond donors (Lipinski definition) is 3. The van der Waals surface area contributed by atoms with Gasteiger partial charge in [-0.1, -0.05) is 20.8 Å². The Morgan fingerprint density at radius 1 is 1.07 bits per heavy atom. The number of carbonyl (C=O) groups is 5. The fourth-order valence-electron chi connectivity index (χ4n) is 3.92. The lowest BCUT2D eigenvalue weighted by molar-refractivity contribution is -0.151. The summed E-state index contributed by atoms with van der Waals surface area (Å²) in [6.45, 7) is 12.3. The first-order chi connectivity index (χ1) is 21.1. The number of aromatic nitrogens is 1. The van der Waals surface area contributed by atoms with E-state index in [9.17, 15) is 24.0 Å². The molecule has 17 heteroatoms. The number of esters is 2. The normalized spacial score (nSPS) is 16.6. The lowest BCUT2D eigenvalue weighted by atomic mass is 10.1.